The first-order valence-electron chi connectivity index (χ1n) is 11.7. The number of morpholine rings is 1. The molecule has 1 N–H and O–H groups in total. The third-order valence-corrected chi connectivity index (χ3v) is 6.60. The molecule has 0 bridgehead atoms. The van der Waals surface area contributed by atoms with Gasteiger partial charge < -0.3 is 14.5 Å². The molecule has 0 spiro atoms. The number of furan rings is 1. The number of benzene rings is 1. The average molecular weight is 556 g/mol. The van der Waals surface area contributed by atoms with E-state index in [1.165, 1.54) is 12.6 Å². The van der Waals surface area contributed by atoms with Crippen molar-refractivity contribution in [3.05, 3.63) is 53.4 Å². The number of amides is 2. The number of ether oxygens (including phenoxy) is 1. The normalized spacial score (nSPS) is 16.6. The van der Waals surface area contributed by atoms with Crippen LogP contribution in [0.2, 0.25) is 5.02 Å². The van der Waals surface area contributed by atoms with E-state index in [0.717, 1.165) is 31.1 Å². The van der Waals surface area contributed by atoms with Crippen LogP contribution >= 0.6 is 36.4 Å². The summed E-state index contributed by atoms with van der Waals surface area (Å²) in [6.07, 6.45) is 6.58. The van der Waals surface area contributed by atoms with E-state index in [1.807, 2.05) is 23.2 Å². The van der Waals surface area contributed by atoms with Crippen LogP contribution in [0.3, 0.4) is 0 Å². The molecule has 2 amide bonds. The zero-order valence-electron chi connectivity index (χ0n) is 19.7. The first-order chi connectivity index (χ1) is 16.6. The van der Waals surface area contributed by atoms with Crippen molar-refractivity contribution in [1.82, 2.24) is 9.99 Å². The van der Waals surface area contributed by atoms with Gasteiger partial charge in [0.15, 0.2) is 11.3 Å². The monoisotopic (exact) mass is 554 g/mol. The molecule has 0 radical (unpaired) electrons. The molecule has 0 unspecified atom stereocenters. The maximum absolute atomic E-state index is 13.8. The van der Waals surface area contributed by atoms with Crippen LogP contribution in [-0.4, -0.2) is 48.1 Å². The molecule has 1 aliphatic heterocycles. The van der Waals surface area contributed by atoms with Gasteiger partial charge >= 0.3 is 0 Å². The quantitative estimate of drug-likeness (QED) is 0.432. The summed E-state index contributed by atoms with van der Waals surface area (Å²) in [4.78, 5) is 30.7. The van der Waals surface area contributed by atoms with Crippen LogP contribution in [-0.2, 0) is 9.53 Å². The highest BCUT2D eigenvalue weighted by Gasteiger charge is 2.33. The number of anilines is 2. The van der Waals surface area contributed by atoms with E-state index in [0.29, 0.717) is 48.4 Å². The summed E-state index contributed by atoms with van der Waals surface area (Å²) >= 11 is 5.87. The molecule has 1 saturated heterocycles. The Hall–Kier alpha value is -2.36. The molecule has 194 valence electrons. The fourth-order valence-corrected chi connectivity index (χ4v) is 4.75. The van der Waals surface area contributed by atoms with Crippen molar-refractivity contribution in [2.45, 2.75) is 32.1 Å². The largest absolute Gasteiger partial charge is 0.449 e. The lowest BCUT2D eigenvalue weighted by atomic mass is 9.88. The number of nitrogens with zero attached hydrogens (tertiary/aromatic N) is 3. The number of aromatic nitrogens is 1. The Morgan fingerprint density at radius 2 is 1.81 bits per heavy atom. The zero-order chi connectivity index (χ0) is 23.5. The van der Waals surface area contributed by atoms with E-state index in [1.54, 1.807) is 23.2 Å². The van der Waals surface area contributed by atoms with Crippen LogP contribution in [0.5, 0.6) is 0 Å². The van der Waals surface area contributed by atoms with E-state index in [9.17, 15) is 9.59 Å². The second-order valence-electron chi connectivity index (χ2n) is 8.67. The standard InChI is InChI=1S/C25H27ClN4O4.2ClH/c26-19-9-10-22(27-16-19)28-24(31)21-15-18-7-4-8-20(23(18)34-21)30(29-11-13-33-14-12-29)25(32)17-5-2-1-3-6-17;;/h4,7-10,15-17H,1-3,5-6,11-14H2,(H,27,28,31);2*1H. The third kappa shape index (κ3) is 6.12. The minimum atomic E-state index is -0.423. The Kier molecular flexibility index (Phi) is 9.99. The van der Waals surface area contributed by atoms with Gasteiger partial charge in [0.05, 0.1) is 18.2 Å². The van der Waals surface area contributed by atoms with E-state index in [2.05, 4.69) is 10.3 Å². The first kappa shape index (κ1) is 28.2. The van der Waals surface area contributed by atoms with Gasteiger partial charge in [-0.1, -0.05) is 43.0 Å². The lowest BCUT2D eigenvalue weighted by molar-refractivity contribution is -0.127. The van der Waals surface area contributed by atoms with Gasteiger partial charge in [-0.25, -0.2) is 15.0 Å². The van der Waals surface area contributed by atoms with Gasteiger partial charge in [-0.05, 0) is 37.1 Å². The number of rotatable bonds is 5. The van der Waals surface area contributed by atoms with Gasteiger partial charge in [0.1, 0.15) is 11.5 Å². The summed E-state index contributed by atoms with van der Waals surface area (Å²) in [5.41, 5.74) is 1.16. The van der Waals surface area contributed by atoms with Crippen molar-refractivity contribution in [3.8, 4) is 0 Å². The number of halogens is 3. The molecule has 2 aliphatic rings. The topological polar surface area (TPSA) is 87.9 Å². The highest BCUT2D eigenvalue weighted by Crippen LogP contribution is 2.34. The van der Waals surface area contributed by atoms with E-state index >= 15 is 0 Å². The molecule has 2 aromatic heterocycles. The number of fused-ring (bicyclic) bond motifs is 1. The molecule has 11 heteroatoms. The van der Waals surface area contributed by atoms with Gasteiger partial charge in [0.2, 0.25) is 5.91 Å². The number of carbonyl (C=O) groups is 2. The van der Waals surface area contributed by atoms with Gasteiger partial charge in [-0.3, -0.25) is 9.59 Å². The summed E-state index contributed by atoms with van der Waals surface area (Å²) in [5.74, 6) is 0.166. The molecule has 1 aliphatic carbocycles. The summed E-state index contributed by atoms with van der Waals surface area (Å²) in [6.45, 7) is 2.35. The van der Waals surface area contributed by atoms with Crippen molar-refractivity contribution in [2.75, 3.05) is 36.6 Å². The Morgan fingerprint density at radius 1 is 1.06 bits per heavy atom. The van der Waals surface area contributed by atoms with Crippen molar-refractivity contribution in [1.29, 1.82) is 0 Å². The number of nitrogens with one attached hydrogen (secondary N) is 1. The van der Waals surface area contributed by atoms with Crippen LogP contribution in [0.15, 0.2) is 47.0 Å². The fraction of sp³-hybridized carbons (Fsp3) is 0.400. The van der Waals surface area contributed by atoms with Crippen molar-refractivity contribution in [3.63, 3.8) is 0 Å². The van der Waals surface area contributed by atoms with Crippen LogP contribution in [0, 0.1) is 5.92 Å². The summed E-state index contributed by atoms with van der Waals surface area (Å²) < 4.78 is 11.6. The summed E-state index contributed by atoms with van der Waals surface area (Å²) in [5, 5.41) is 7.77. The zero-order valence-corrected chi connectivity index (χ0v) is 22.0. The number of para-hydroxylation sites is 1. The molecule has 2 fully saturated rings. The molecule has 3 heterocycles. The predicted molar refractivity (Wildman–Crippen MR) is 144 cm³/mol. The molecule has 36 heavy (non-hydrogen) atoms. The maximum Gasteiger partial charge on any atom is 0.292 e. The Bertz CT molecular complexity index is 1180. The first-order valence-corrected chi connectivity index (χ1v) is 12.1. The van der Waals surface area contributed by atoms with E-state index in [-0.39, 0.29) is 42.4 Å². The highest BCUT2D eigenvalue weighted by molar-refractivity contribution is 6.30. The number of carbonyl (C=O) groups excluding carboxylic acids is 2. The molecular weight excluding hydrogens is 527 g/mol. The molecule has 1 saturated carbocycles. The molecule has 0 atom stereocenters. The number of hydrazine groups is 1. The van der Waals surface area contributed by atoms with Crippen molar-refractivity contribution >= 4 is 70.7 Å². The summed E-state index contributed by atoms with van der Waals surface area (Å²) in [6, 6.07) is 10.6. The van der Waals surface area contributed by atoms with E-state index in [4.69, 9.17) is 20.8 Å². The van der Waals surface area contributed by atoms with Gasteiger partial charge in [0.25, 0.3) is 5.91 Å². The van der Waals surface area contributed by atoms with E-state index < -0.39 is 5.91 Å². The predicted octanol–water partition coefficient (Wildman–Crippen LogP) is 5.74. The second kappa shape index (κ2) is 12.7. The van der Waals surface area contributed by atoms with Gasteiger partial charge in [-0.15, -0.1) is 24.8 Å². The molecule has 3 aromatic rings. The van der Waals surface area contributed by atoms with Gasteiger partial charge in [0, 0.05) is 30.6 Å². The molecule has 8 nitrogen and oxygen atoms in total. The lowest BCUT2D eigenvalue weighted by Crippen LogP contribution is -2.53. The summed E-state index contributed by atoms with van der Waals surface area (Å²) in [7, 11) is 0. The minimum absolute atomic E-state index is 0. The second-order valence-corrected chi connectivity index (χ2v) is 9.11. The third-order valence-electron chi connectivity index (χ3n) is 6.38. The highest BCUT2D eigenvalue weighted by atomic mass is 35.5. The SMILES string of the molecule is Cl.Cl.O=C(Nc1ccc(Cl)cn1)c1cc2cccc(N(C(=O)C3CCCCC3)N3CCOCC3)c2o1. The Morgan fingerprint density at radius 3 is 2.50 bits per heavy atom. The maximum atomic E-state index is 13.8. The molecule has 1 aromatic carbocycles. The lowest BCUT2D eigenvalue weighted by Gasteiger charge is -2.39. The van der Waals surface area contributed by atoms with Crippen molar-refractivity contribution < 1.29 is 18.7 Å². The van der Waals surface area contributed by atoms with Crippen LogP contribution in [0.1, 0.15) is 42.7 Å². The fourth-order valence-electron chi connectivity index (χ4n) is 4.64. The van der Waals surface area contributed by atoms with Gasteiger partial charge in [-0.2, -0.15) is 0 Å². The number of hydrogen-bond donors (Lipinski definition) is 1. The Labute approximate surface area is 227 Å². The van der Waals surface area contributed by atoms with Crippen LogP contribution in [0.25, 0.3) is 11.0 Å². The molecular formula is C25H29Cl3N4O4. The minimum Gasteiger partial charge on any atom is -0.449 e. The Balaban J connectivity index is 0.00000180. The van der Waals surface area contributed by atoms with Crippen LogP contribution in [0.4, 0.5) is 11.5 Å². The number of pyridine rings is 1. The van der Waals surface area contributed by atoms with Crippen LogP contribution < -0.4 is 10.3 Å². The molecule has 5 rings (SSSR count). The average Bonchev–Trinajstić information content (AvgIpc) is 3.32. The number of hydrogen-bond acceptors (Lipinski definition) is 6. The van der Waals surface area contributed by atoms with Crippen molar-refractivity contribution in [2.24, 2.45) is 5.92 Å². The smallest absolute Gasteiger partial charge is 0.292 e.